The van der Waals surface area contributed by atoms with Crippen molar-refractivity contribution in [3.05, 3.63) is 91.4 Å². The summed E-state index contributed by atoms with van der Waals surface area (Å²) in [5, 5.41) is 35.9. The predicted molar refractivity (Wildman–Crippen MR) is 115 cm³/mol. The van der Waals surface area contributed by atoms with Crippen LogP contribution in [-0.2, 0) is 0 Å². The molecule has 2 aromatic rings. The summed E-state index contributed by atoms with van der Waals surface area (Å²) in [5.74, 6) is 0. The zero-order valence-corrected chi connectivity index (χ0v) is 16.3. The lowest BCUT2D eigenvalue weighted by atomic mass is 10.1. The molecule has 0 amide bonds. The van der Waals surface area contributed by atoms with Gasteiger partial charge in [-0.2, -0.15) is 10.5 Å². The standard InChI is InChI=1S/C20H12N4S3/c21-11-15(17(23)13-7-3-1-4-8-13)19-25-20(27-26-19)16(12-22)18(24)14-9-5-2-6-10-14/h1-10,23-24H/b19-15+,20-16+,23-17?,24-18?. The maximum atomic E-state index is 9.58. The summed E-state index contributed by atoms with van der Waals surface area (Å²) in [6, 6.07) is 22.4. The fourth-order valence-corrected chi connectivity index (χ4v) is 6.68. The van der Waals surface area contributed by atoms with E-state index in [1.54, 1.807) is 24.3 Å². The van der Waals surface area contributed by atoms with E-state index in [2.05, 4.69) is 12.1 Å². The largest absolute Gasteiger partial charge is 0.299 e. The Labute approximate surface area is 169 Å². The molecule has 2 aromatic carbocycles. The van der Waals surface area contributed by atoms with Crippen molar-refractivity contribution in [2.45, 2.75) is 0 Å². The van der Waals surface area contributed by atoms with Gasteiger partial charge in [0.15, 0.2) is 0 Å². The second kappa shape index (κ2) is 8.79. The lowest BCUT2D eigenvalue weighted by Gasteiger charge is -2.05. The first-order valence-electron chi connectivity index (χ1n) is 7.75. The molecule has 0 aromatic heterocycles. The topological polar surface area (TPSA) is 95.3 Å². The molecule has 1 heterocycles. The first kappa shape index (κ1) is 19.1. The summed E-state index contributed by atoms with van der Waals surface area (Å²) in [7, 11) is 2.71. The van der Waals surface area contributed by atoms with Crippen LogP contribution in [0.2, 0.25) is 0 Å². The molecule has 0 atom stereocenters. The summed E-state index contributed by atoms with van der Waals surface area (Å²) in [4.78, 5) is 0. The highest BCUT2D eigenvalue weighted by molar-refractivity contribution is 8.86. The Morgan fingerprint density at radius 3 is 1.37 bits per heavy atom. The molecule has 4 nitrogen and oxygen atoms in total. The number of rotatable bonds is 4. The number of hydrogen-bond donors (Lipinski definition) is 2. The van der Waals surface area contributed by atoms with Crippen molar-refractivity contribution in [1.29, 1.82) is 21.3 Å². The Hall–Kier alpha value is -2.71. The Balaban J connectivity index is 1.94. The third-order valence-corrected chi connectivity index (χ3v) is 8.09. The fraction of sp³-hybridized carbons (Fsp3) is 0. The normalized spacial score (nSPS) is 16.8. The molecule has 1 fully saturated rings. The number of benzene rings is 2. The fourth-order valence-electron chi connectivity index (χ4n) is 2.28. The molecule has 1 aliphatic rings. The second-order valence-electron chi connectivity index (χ2n) is 5.30. The third-order valence-electron chi connectivity index (χ3n) is 3.64. The lowest BCUT2D eigenvalue weighted by Crippen LogP contribution is -2.03. The van der Waals surface area contributed by atoms with Crippen molar-refractivity contribution in [1.82, 2.24) is 0 Å². The van der Waals surface area contributed by atoms with Gasteiger partial charge in [0.05, 0.1) is 31.0 Å². The molecule has 0 radical (unpaired) electrons. The molecule has 0 unspecified atom stereocenters. The van der Waals surface area contributed by atoms with Gasteiger partial charge in [0.1, 0.15) is 12.1 Å². The molecule has 1 saturated heterocycles. The van der Waals surface area contributed by atoms with Gasteiger partial charge >= 0.3 is 0 Å². The van der Waals surface area contributed by atoms with Crippen LogP contribution >= 0.6 is 33.3 Å². The van der Waals surface area contributed by atoms with Gasteiger partial charge in [0, 0.05) is 11.1 Å². The van der Waals surface area contributed by atoms with Gasteiger partial charge in [0.25, 0.3) is 0 Å². The van der Waals surface area contributed by atoms with Crippen LogP contribution in [0.4, 0.5) is 0 Å². The Kier molecular flexibility index (Phi) is 6.20. The molecule has 0 spiro atoms. The van der Waals surface area contributed by atoms with Crippen molar-refractivity contribution >= 4 is 44.8 Å². The van der Waals surface area contributed by atoms with Crippen molar-refractivity contribution in [3.63, 3.8) is 0 Å². The number of nitrogens with zero attached hydrogens (tertiary/aromatic N) is 2. The minimum absolute atomic E-state index is 0.159. The average molecular weight is 405 g/mol. The van der Waals surface area contributed by atoms with Crippen molar-refractivity contribution < 1.29 is 0 Å². The molecule has 1 aliphatic heterocycles. The monoisotopic (exact) mass is 404 g/mol. The van der Waals surface area contributed by atoms with E-state index >= 15 is 0 Å². The van der Waals surface area contributed by atoms with E-state index in [9.17, 15) is 10.5 Å². The van der Waals surface area contributed by atoms with Gasteiger partial charge in [0.2, 0.25) is 0 Å². The molecule has 130 valence electrons. The van der Waals surface area contributed by atoms with Gasteiger partial charge in [-0.3, -0.25) is 10.8 Å². The van der Waals surface area contributed by atoms with E-state index in [-0.39, 0.29) is 22.6 Å². The van der Waals surface area contributed by atoms with Gasteiger partial charge in [-0.1, -0.05) is 72.4 Å². The zero-order chi connectivity index (χ0) is 19.2. The highest BCUT2D eigenvalue weighted by Gasteiger charge is 2.27. The van der Waals surface area contributed by atoms with Crippen LogP contribution in [0.1, 0.15) is 11.1 Å². The molecule has 27 heavy (non-hydrogen) atoms. The van der Waals surface area contributed by atoms with Crippen LogP contribution < -0.4 is 0 Å². The van der Waals surface area contributed by atoms with Crippen LogP contribution in [0, 0.1) is 33.5 Å². The van der Waals surface area contributed by atoms with Crippen LogP contribution in [0.5, 0.6) is 0 Å². The quantitative estimate of drug-likeness (QED) is 0.386. The smallest absolute Gasteiger partial charge is 0.103 e. The summed E-state index contributed by atoms with van der Waals surface area (Å²) >= 11 is 1.28. The van der Waals surface area contributed by atoms with Crippen LogP contribution in [0.3, 0.4) is 0 Å². The molecule has 2 N–H and O–H groups in total. The minimum atomic E-state index is 0.159. The highest BCUT2D eigenvalue weighted by Crippen LogP contribution is 2.59. The SMILES string of the molecule is N#C/C(C(=N)c1ccccc1)=C1\SS/C(=C(\C#N)C(=N)c2ccccc2)S1. The zero-order valence-electron chi connectivity index (χ0n) is 13.9. The maximum Gasteiger partial charge on any atom is 0.103 e. The van der Waals surface area contributed by atoms with E-state index in [0.717, 1.165) is 0 Å². The Morgan fingerprint density at radius 1 is 0.667 bits per heavy atom. The van der Waals surface area contributed by atoms with Gasteiger partial charge in [-0.05, 0) is 21.6 Å². The average Bonchev–Trinajstić information content (AvgIpc) is 3.19. The third kappa shape index (κ3) is 4.17. The van der Waals surface area contributed by atoms with Crippen LogP contribution in [0.15, 0.2) is 80.3 Å². The number of hydrogen-bond acceptors (Lipinski definition) is 7. The number of nitriles is 2. The molecular formula is C20H12N4S3. The van der Waals surface area contributed by atoms with E-state index in [0.29, 0.717) is 19.6 Å². The highest BCUT2D eigenvalue weighted by atomic mass is 33.1. The van der Waals surface area contributed by atoms with Crippen LogP contribution in [-0.4, -0.2) is 11.4 Å². The lowest BCUT2D eigenvalue weighted by molar-refractivity contribution is 1.45. The van der Waals surface area contributed by atoms with E-state index < -0.39 is 0 Å². The summed E-state index contributed by atoms with van der Waals surface area (Å²) < 4.78 is 1.33. The van der Waals surface area contributed by atoms with E-state index in [1.807, 2.05) is 36.4 Å². The molecule has 0 aliphatic carbocycles. The Bertz CT molecular complexity index is 957. The van der Waals surface area contributed by atoms with Crippen molar-refractivity contribution in [2.75, 3.05) is 0 Å². The second-order valence-corrected chi connectivity index (χ2v) is 8.99. The van der Waals surface area contributed by atoms with Crippen molar-refractivity contribution in [2.24, 2.45) is 0 Å². The van der Waals surface area contributed by atoms with E-state index in [1.165, 1.54) is 33.3 Å². The summed E-state index contributed by atoms with van der Waals surface area (Å²) in [6.07, 6.45) is 0. The van der Waals surface area contributed by atoms with Gasteiger partial charge in [-0.25, -0.2) is 0 Å². The first-order chi connectivity index (χ1) is 13.2. The first-order valence-corrected chi connectivity index (χ1v) is 10.7. The number of allylic oxidation sites excluding steroid dienone is 2. The van der Waals surface area contributed by atoms with Crippen molar-refractivity contribution in [3.8, 4) is 12.1 Å². The molecule has 3 rings (SSSR count). The molecule has 0 saturated carbocycles. The van der Waals surface area contributed by atoms with E-state index in [4.69, 9.17) is 10.8 Å². The molecule has 7 heteroatoms. The minimum Gasteiger partial charge on any atom is -0.299 e. The van der Waals surface area contributed by atoms with Gasteiger partial charge < -0.3 is 0 Å². The Morgan fingerprint density at radius 2 is 1.04 bits per heavy atom. The van der Waals surface area contributed by atoms with Crippen LogP contribution in [0.25, 0.3) is 0 Å². The summed E-state index contributed by atoms with van der Waals surface area (Å²) in [5.41, 5.74) is 2.22. The maximum absolute atomic E-state index is 9.58. The molecule has 0 bridgehead atoms. The summed E-state index contributed by atoms with van der Waals surface area (Å²) in [6.45, 7) is 0. The molecular weight excluding hydrogens is 392 g/mol. The number of nitrogens with one attached hydrogen (secondary N) is 2. The van der Waals surface area contributed by atoms with Gasteiger partial charge in [-0.15, -0.1) is 0 Å². The predicted octanol–water partition coefficient (Wildman–Crippen LogP) is 5.72. The number of thioether (sulfide) groups is 1.